The van der Waals surface area contributed by atoms with Crippen molar-refractivity contribution < 1.29 is 13.5 Å². The molecule has 0 aromatic heterocycles. The molecule has 1 aromatic carbocycles. The topological polar surface area (TPSA) is 90.8 Å². The predicted molar refractivity (Wildman–Crippen MR) is 78.4 cm³/mol. The molecule has 0 bridgehead atoms. The number of aliphatic imine (C=N–C) groups is 1. The zero-order valence-electron chi connectivity index (χ0n) is 11.4. The van der Waals surface area contributed by atoms with Crippen LogP contribution in [0, 0.1) is 0 Å². The first-order valence-corrected chi connectivity index (χ1v) is 8.13. The summed E-state index contributed by atoms with van der Waals surface area (Å²) in [4.78, 5) is 4.18. The lowest BCUT2D eigenvalue weighted by molar-refractivity contribution is 0.307. The van der Waals surface area contributed by atoms with Gasteiger partial charge in [-0.25, -0.2) is 18.1 Å². The number of anilines is 1. The van der Waals surface area contributed by atoms with Crippen molar-refractivity contribution in [3.63, 3.8) is 0 Å². The molecule has 0 atom stereocenters. The number of unbranched alkanes of at least 4 members (excludes halogenated alkanes) is 1. The third-order valence-electron chi connectivity index (χ3n) is 3.01. The van der Waals surface area contributed by atoms with Crippen LogP contribution in [0.4, 0.5) is 5.69 Å². The smallest absolute Gasteiger partial charge is 0.266 e. The number of fused-ring (bicyclic) bond motifs is 1. The number of benzene rings is 1. The maximum absolute atomic E-state index is 12.2. The molecule has 7 heteroatoms. The molecular formula is C13H19N3O3S. The monoisotopic (exact) mass is 297 g/mol. The van der Waals surface area contributed by atoms with E-state index in [4.69, 9.17) is 5.11 Å². The summed E-state index contributed by atoms with van der Waals surface area (Å²) in [6.07, 6.45) is 2.96. The molecule has 0 spiro atoms. The van der Waals surface area contributed by atoms with E-state index in [-0.39, 0.29) is 24.0 Å². The molecule has 20 heavy (non-hydrogen) atoms. The van der Waals surface area contributed by atoms with Gasteiger partial charge in [-0.1, -0.05) is 19.4 Å². The zero-order chi connectivity index (χ0) is 14.6. The first-order chi connectivity index (χ1) is 9.56. The number of aliphatic hydroxyl groups is 1. The fourth-order valence-electron chi connectivity index (χ4n) is 2.00. The average Bonchev–Trinajstić information content (AvgIpc) is 2.42. The number of hydrogen-bond acceptors (Lipinski definition) is 4. The molecule has 0 amide bonds. The van der Waals surface area contributed by atoms with Crippen molar-refractivity contribution in [2.24, 2.45) is 4.99 Å². The fraction of sp³-hybridized carbons (Fsp3) is 0.462. The predicted octanol–water partition coefficient (Wildman–Crippen LogP) is 1.08. The van der Waals surface area contributed by atoms with Crippen molar-refractivity contribution in [2.75, 3.05) is 18.5 Å². The molecule has 0 fully saturated rings. The summed E-state index contributed by atoms with van der Waals surface area (Å²) in [5.41, 5.74) is 1.52. The van der Waals surface area contributed by atoms with Gasteiger partial charge in [-0.3, -0.25) is 0 Å². The number of nitrogens with one attached hydrogen (secondary N) is 2. The Morgan fingerprint density at radius 1 is 1.35 bits per heavy atom. The van der Waals surface area contributed by atoms with E-state index in [1.807, 2.05) is 6.07 Å². The lowest BCUT2D eigenvalue weighted by Crippen LogP contribution is -2.41. The van der Waals surface area contributed by atoms with E-state index in [2.05, 4.69) is 22.0 Å². The largest absolute Gasteiger partial charge is 0.394 e. The highest BCUT2D eigenvalue weighted by molar-refractivity contribution is 7.90. The highest BCUT2D eigenvalue weighted by atomic mass is 32.2. The first-order valence-electron chi connectivity index (χ1n) is 6.65. The van der Waals surface area contributed by atoms with Gasteiger partial charge in [-0.2, -0.15) is 0 Å². The standard InChI is InChI=1S/C13H19N3O3S/c1-2-3-4-10-5-6-11-12(9-10)20(18,19)16-13(15-11)14-7-8-17/h5-6,9,17H,2-4,7-8H2,1H3,(H2,14,15,16). The average molecular weight is 297 g/mol. The molecule has 1 aliphatic heterocycles. The van der Waals surface area contributed by atoms with Crippen molar-refractivity contribution in [1.29, 1.82) is 0 Å². The minimum Gasteiger partial charge on any atom is -0.394 e. The maximum atomic E-state index is 12.2. The SMILES string of the molecule is CCCCc1ccc2c(c1)S(=O)(=O)NC(=NCCO)N2. The summed E-state index contributed by atoms with van der Waals surface area (Å²) < 4.78 is 26.7. The van der Waals surface area contributed by atoms with Crippen molar-refractivity contribution in [3.05, 3.63) is 23.8 Å². The van der Waals surface area contributed by atoms with E-state index in [1.54, 1.807) is 12.1 Å². The minimum atomic E-state index is -3.59. The molecule has 1 heterocycles. The van der Waals surface area contributed by atoms with Gasteiger partial charge in [0.1, 0.15) is 4.90 Å². The summed E-state index contributed by atoms with van der Waals surface area (Å²) in [7, 11) is -3.59. The molecule has 110 valence electrons. The van der Waals surface area contributed by atoms with Crippen LogP contribution in [0.25, 0.3) is 0 Å². The van der Waals surface area contributed by atoms with Crippen LogP contribution in [0.3, 0.4) is 0 Å². The number of guanidine groups is 1. The van der Waals surface area contributed by atoms with E-state index in [9.17, 15) is 8.42 Å². The number of nitrogens with zero attached hydrogens (tertiary/aromatic N) is 1. The van der Waals surface area contributed by atoms with Gasteiger partial charge in [0.05, 0.1) is 18.8 Å². The molecule has 0 saturated heterocycles. The van der Waals surface area contributed by atoms with Gasteiger partial charge in [-0.05, 0) is 30.5 Å². The van der Waals surface area contributed by atoms with Crippen LogP contribution in [0.15, 0.2) is 28.1 Å². The second kappa shape index (κ2) is 6.23. The maximum Gasteiger partial charge on any atom is 0.266 e. The van der Waals surface area contributed by atoms with E-state index in [0.717, 1.165) is 24.8 Å². The Labute approximate surface area is 119 Å². The molecule has 1 aromatic rings. The van der Waals surface area contributed by atoms with E-state index in [0.29, 0.717) is 5.69 Å². The Balaban J connectivity index is 2.31. The molecule has 0 unspecified atom stereocenters. The Kier molecular flexibility index (Phi) is 4.61. The van der Waals surface area contributed by atoms with Crippen LogP contribution in [0.2, 0.25) is 0 Å². The second-order valence-electron chi connectivity index (χ2n) is 4.62. The van der Waals surface area contributed by atoms with Crippen molar-refractivity contribution in [1.82, 2.24) is 4.72 Å². The summed E-state index contributed by atoms with van der Waals surface area (Å²) >= 11 is 0. The Hall–Kier alpha value is -1.60. The lowest BCUT2D eigenvalue weighted by atomic mass is 10.1. The Morgan fingerprint density at radius 2 is 2.15 bits per heavy atom. The number of sulfonamides is 1. The van der Waals surface area contributed by atoms with Crippen molar-refractivity contribution in [3.8, 4) is 0 Å². The second-order valence-corrected chi connectivity index (χ2v) is 6.27. The number of rotatable bonds is 5. The van der Waals surface area contributed by atoms with E-state index < -0.39 is 10.0 Å². The third kappa shape index (κ3) is 3.29. The zero-order valence-corrected chi connectivity index (χ0v) is 12.2. The van der Waals surface area contributed by atoms with Gasteiger partial charge in [0.15, 0.2) is 0 Å². The molecule has 6 nitrogen and oxygen atoms in total. The summed E-state index contributed by atoms with van der Waals surface area (Å²) in [5, 5.41) is 11.6. The number of hydrogen-bond donors (Lipinski definition) is 3. The normalized spacial score (nSPS) is 18.2. The van der Waals surface area contributed by atoms with Gasteiger partial charge in [0.2, 0.25) is 5.96 Å². The van der Waals surface area contributed by atoms with Crippen LogP contribution in [0.5, 0.6) is 0 Å². The molecule has 1 aliphatic rings. The Morgan fingerprint density at radius 3 is 2.85 bits per heavy atom. The molecule has 0 radical (unpaired) electrons. The molecule has 3 N–H and O–H groups in total. The van der Waals surface area contributed by atoms with Gasteiger partial charge in [-0.15, -0.1) is 0 Å². The van der Waals surface area contributed by atoms with Gasteiger partial charge in [0, 0.05) is 0 Å². The highest BCUT2D eigenvalue weighted by Gasteiger charge is 2.26. The van der Waals surface area contributed by atoms with E-state index >= 15 is 0 Å². The van der Waals surface area contributed by atoms with Crippen molar-refractivity contribution in [2.45, 2.75) is 31.1 Å². The van der Waals surface area contributed by atoms with Crippen LogP contribution < -0.4 is 10.0 Å². The van der Waals surface area contributed by atoms with E-state index in [1.165, 1.54) is 0 Å². The van der Waals surface area contributed by atoms with Crippen molar-refractivity contribution >= 4 is 21.7 Å². The summed E-state index contributed by atoms with van der Waals surface area (Å²) in [6, 6.07) is 5.38. The molecular weight excluding hydrogens is 278 g/mol. The minimum absolute atomic E-state index is 0.129. The fourth-order valence-corrected chi connectivity index (χ4v) is 3.19. The van der Waals surface area contributed by atoms with Crippen LogP contribution in [0.1, 0.15) is 25.3 Å². The van der Waals surface area contributed by atoms with Crippen LogP contribution in [-0.2, 0) is 16.4 Å². The third-order valence-corrected chi connectivity index (χ3v) is 4.39. The van der Waals surface area contributed by atoms with Gasteiger partial charge in [0.25, 0.3) is 10.0 Å². The quantitative estimate of drug-likeness (QED) is 0.758. The molecule has 0 aliphatic carbocycles. The number of aliphatic hydroxyl groups excluding tert-OH is 1. The summed E-state index contributed by atoms with van der Waals surface area (Å²) in [6.45, 7) is 2.12. The Bertz CT molecular complexity index is 611. The first kappa shape index (κ1) is 14.8. The van der Waals surface area contributed by atoms with Gasteiger partial charge < -0.3 is 10.4 Å². The van der Waals surface area contributed by atoms with Gasteiger partial charge >= 0.3 is 0 Å². The highest BCUT2D eigenvalue weighted by Crippen LogP contribution is 2.26. The molecule has 0 saturated carbocycles. The van der Waals surface area contributed by atoms with Crippen LogP contribution >= 0.6 is 0 Å². The number of aryl methyl sites for hydroxylation is 1. The summed E-state index contributed by atoms with van der Waals surface area (Å²) in [5.74, 6) is 0.146. The molecule has 2 rings (SSSR count). The lowest BCUT2D eigenvalue weighted by Gasteiger charge is -2.22. The van der Waals surface area contributed by atoms with Crippen LogP contribution in [-0.4, -0.2) is 32.6 Å².